The first-order valence-corrected chi connectivity index (χ1v) is 9.44. The highest BCUT2D eigenvalue weighted by molar-refractivity contribution is 5.96. The number of aromatic nitrogens is 3. The predicted molar refractivity (Wildman–Crippen MR) is 107 cm³/mol. The van der Waals surface area contributed by atoms with E-state index >= 15 is 0 Å². The number of aliphatic hydroxyl groups excluding tert-OH is 1. The van der Waals surface area contributed by atoms with Crippen LogP contribution in [0.4, 0.5) is 5.69 Å². The van der Waals surface area contributed by atoms with E-state index in [2.05, 4.69) is 31.0 Å². The average molecular weight is 383 g/mol. The van der Waals surface area contributed by atoms with Crippen LogP contribution in [-0.4, -0.2) is 52.1 Å². The number of hydrogen-bond donors (Lipinski definition) is 4. The molecule has 1 aliphatic heterocycles. The summed E-state index contributed by atoms with van der Waals surface area (Å²) in [7, 11) is 1.59. The fourth-order valence-electron chi connectivity index (χ4n) is 3.58. The van der Waals surface area contributed by atoms with Gasteiger partial charge in [-0.15, -0.1) is 0 Å². The van der Waals surface area contributed by atoms with E-state index in [9.17, 15) is 5.11 Å². The van der Waals surface area contributed by atoms with E-state index in [1.165, 1.54) is 0 Å². The first kappa shape index (κ1) is 18.3. The van der Waals surface area contributed by atoms with Gasteiger partial charge in [-0.2, -0.15) is 5.10 Å². The van der Waals surface area contributed by atoms with E-state index < -0.39 is 0 Å². The van der Waals surface area contributed by atoms with Gasteiger partial charge in [-0.05, 0) is 37.3 Å². The lowest BCUT2D eigenvalue weighted by Gasteiger charge is -2.26. The zero-order chi connectivity index (χ0) is 19.3. The maximum absolute atomic E-state index is 9.43. The maximum atomic E-state index is 9.43. The van der Waals surface area contributed by atoms with Gasteiger partial charge in [0.25, 0.3) is 0 Å². The number of hydrogen-bond acceptors (Lipinski definition) is 8. The van der Waals surface area contributed by atoms with Gasteiger partial charge in [-0.25, -0.2) is 14.7 Å². The summed E-state index contributed by atoms with van der Waals surface area (Å²) in [5.74, 6) is 2.42. The Morgan fingerprint density at radius 3 is 3.04 bits per heavy atom. The van der Waals surface area contributed by atoms with Crippen molar-refractivity contribution < 1.29 is 9.84 Å². The van der Waals surface area contributed by atoms with E-state index in [4.69, 9.17) is 4.74 Å². The van der Waals surface area contributed by atoms with E-state index in [0.717, 1.165) is 36.5 Å². The highest BCUT2D eigenvalue weighted by Crippen LogP contribution is 2.26. The zero-order valence-corrected chi connectivity index (χ0v) is 15.8. The maximum Gasteiger partial charge on any atom is 0.214 e. The molecule has 2 aliphatic rings. The van der Waals surface area contributed by atoms with Crippen molar-refractivity contribution >= 4 is 17.3 Å². The molecule has 0 bridgehead atoms. The van der Waals surface area contributed by atoms with E-state index in [1.54, 1.807) is 19.5 Å². The zero-order valence-electron chi connectivity index (χ0n) is 15.8. The third-order valence-electron chi connectivity index (χ3n) is 5.05. The molecule has 1 fully saturated rings. The van der Waals surface area contributed by atoms with Gasteiger partial charge in [0.2, 0.25) is 11.8 Å². The summed E-state index contributed by atoms with van der Waals surface area (Å²) < 4.78 is 7.00. The van der Waals surface area contributed by atoms with Crippen LogP contribution >= 0.6 is 0 Å². The molecule has 0 spiro atoms. The molecule has 2 aromatic heterocycles. The Labute approximate surface area is 163 Å². The SMILES string of the molecule is COc1cc(NC2=NCC(n3cccn3)=C(NC3CCC(CO)C3)N2)ccn1. The van der Waals surface area contributed by atoms with Gasteiger partial charge in [0.15, 0.2) is 0 Å². The largest absolute Gasteiger partial charge is 0.481 e. The Kier molecular flexibility index (Phi) is 5.43. The fraction of sp³-hybridized carbons (Fsp3) is 0.421. The van der Waals surface area contributed by atoms with Gasteiger partial charge in [0.05, 0.1) is 13.7 Å². The smallest absolute Gasteiger partial charge is 0.214 e. The molecule has 3 heterocycles. The molecule has 148 valence electrons. The van der Waals surface area contributed by atoms with Crippen molar-refractivity contribution in [1.82, 2.24) is 25.4 Å². The number of methoxy groups -OCH3 is 1. The second-order valence-corrected chi connectivity index (χ2v) is 6.98. The van der Waals surface area contributed by atoms with Crippen molar-refractivity contribution in [2.45, 2.75) is 25.3 Å². The topological polar surface area (TPSA) is 109 Å². The Balaban J connectivity index is 1.51. The van der Waals surface area contributed by atoms with Gasteiger partial charge in [-0.1, -0.05) is 0 Å². The molecule has 0 saturated heterocycles. The Morgan fingerprint density at radius 2 is 2.29 bits per heavy atom. The fourth-order valence-corrected chi connectivity index (χ4v) is 3.58. The molecule has 2 unspecified atom stereocenters. The molecule has 0 aromatic carbocycles. The number of guanidine groups is 1. The van der Waals surface area contributed by atoms with Crippen molar-refractivity contribution in [2.75, 3.05) is 25.6 Å². The second-order valence-electron chi connectivity index (χ2n) is 6.98. The van der Waals surface area contributed by atoms with Gasteiger partial charge in [0.1, 0.15) is 11.5 Å². The monoisotopic (exact) mass is 383 g/mol. The summed E-state index contributed by atoms with van der Waals surface area (Å²) in [4.78, 5) is 8.73. The quantitative estimate of drug-likeness (QED) is 0.594. The van der Waals surface area contributed by atoms with Crippen LogP contribution in [-0.2, 0) is 0 Å². The van der Waals surface area contributed by atoms with Crippen molar-refractivity contribution in [3.05, 3.63) is 42.6 Å². The number of nitrogens with one attached hydrogen (secondary N) is 3. The third kappa shape index (κ3) is 4.09. The predicted octanol–water partition coefficient (Wildman–Crippen LogP) is 1.23. The normalized spacial score (nSPS) is 21.9. The molecule has 9 nitrogen and oxygen atoms in total. The molecule has 4 rings (SSSR count). The molecule has 1 aliphatic carbocycles. The standard InChI is InChI=1S/C19H25N7O2/c1-28-17-10-15(5-7-20-17)24-19-21-11-16(26-8-2-6-22-26)18(25-19)23-14-4-3-13(9-14)12-27/h2,5-8,10,13-14,23,27H,3-4,9,11-12H2,1H3,(H2,20,21,24,25). The molecular formula is C19H25N7O2. The summed E-state index contributed by atoms with van der Waals surface area (Å²) in [6.07, 6.45) is 8.37. The van der Waals surface area contributed by atoms with Crippen LogP contribution in [0, 0.1) is 5.92 Å². The molecule has 2 atom stereocenters. The van der Waals surface area contributed by atoms with E-state index in [1.807, 2.05) is 29.1 Å². The molecule has 4 N–H and O–H groups in total. The molecular weight excluding hydrogens is 358 g/mol. The number of anilines is 1. The Morgan fingerprint density at radius 1 is 1.36 bits per heavy atom. The average Bonchev–Trinajstić information content (AvgIpc) is 3.40. The van der Waals surface area contributed by atoms with Gasteiger partial charge in [0, 0.05) is 43.0 Å². The van der Waals surface area contributed by atoms with Crippen molar-refractivity contribution in [1.29, 1.82) is 0 Å². The van der Waals surface area contributed by atoms with Crippen LogP contribution in [0.5, 0.6) is 5.88 Å². The van der Waals surface area contributed by atoms with Crippen molar-refractivity contribution in [3.63, 3.8) is 0 Å². The number of aliphatic imine (C=N–C) groups is 1. The highest BCUT2D eigenvalue weighted by Gasteiger charge is 2.27. The lowest BCUT2D eigenvalue weighted by atomic mass is 10.1. The summed E-state index contributed by atoms with van der Waals surface area (Å²) >= 11 is 0. The first-order valence-electron chi connectivity index (χ1n) is 9.44. The number of pyridine rings is 1. The van der Waals surface area contributed by atoms with E-state index in [-0.39, 0.29) is 6.61 Å². The van der Waals surface area contributed by atoms with Crippen LogP contribution < -0.4 is 20.7 Å². The van der Waals surface area contributed by atoms with Crippen LogP contribution in [0.3, 0.4) is 0 Å². The summed E-state index contributed by atoms with van der Waals surface area (Å²) in [5.41, 5.74) is 1.79. The summed E-state index contributed by atoms with van der Waals surface area (Å²) in [6.45, 7) is 0.729. The van der Waals surface area contributed by atoms with Gasteiger partial charge in [-0.3, -0.25) is 0 Å². The first-order chi connectivity index (χ1) is 13.7. The molecule has 1 saturated carbocycles. The third-order valence-corrected chi connectivity index (χ3v) is 5.05. The van der Waals surface area contributed by atoms with Gasteiger partial charge >= 0.3 is 0 Å². The highest BCUT2D eigenvalue weighted by atomic mass is 16.5. The minimum absolute atomic E-state index is 0.245. The molecule has 28 heavy (non-hydrogen) atoms. The van der Waals surface area contributed by atoms with Crippen molar-refractivity contribution in [2.24, 2.45) is 10.9 Å². The number of ether oxygens (including phenoxy) is 1. The van der Waals surface area contributed by atoms with Crippen LogP contribution in [0.15, 0.2) is 47.6 Å². The lowest BCUT2D eigenvalue weighted by molar-refractivity contribution is 0.228. The molecule has 0 radical (unpaired) electrons. The lowest BCUT2D eigenvalue weighted by Crippen LogP contribution is -2.43. The van der Waals surface area contributed by atoms with Crippen molar-refractivity contribution in [3.8, 4) is 5.88 Å². The van der Waals surface area contributed by atoms with Crippen LogP contribution in [0.2, 0.25) is 0 Å². The Hall–Kier alpha value is -3.07. The minimum Gasteiger partial charge on any atom is -0.481 e. The van der Waals surface area contributed by atoms with Gasteiger partial charge < -0.3 is 25.8 Å². The molecule has 9 heteroatoms. The summed E-state index contributed by atoms with van der Waals surface area (Å²) in [6, 6.07) is 5.87. The molecule has 2 aromatic rings. The van der Waals surface area contributed by atoms with Crippen LogP contribution in [0.1, 0.15) is 19.3 Å². The summed E-state index contributed by atoms with van der Waals surface area (Å²) in [5, 5.41) is 24.0. The van der Waals surface area contributed by atoms with E-state index in [0.29, 0.717) is 30.3 Å². The second kappa shape index (κ2) is 8.30. The number of aliphatic hydroxyl groups is 1. The number of nitrogens with zero attached hydrogens (tertiary/aromatic N) is 4. The number of rotatable bonds is 6. The Bertz CT molecular complexity index is 863. The van der Waals surface area contributed by atoms with Crippen LogP contribution in [0.25, 0.3) is 5.70 Å². The minimum atomic E-state index is 0.245. The molecule has 0 amide bonds.